The number of carbonyl (C=O) groups excluding carboxylic acids is 1. The topological polar surface area (TPSA) is 58.4 Å². The van der Waals surface area contributed by atoms with E-state index in [4.69, 9.17) is 16.0 Å². The first-order chi connectivity index (χ1) is 11.8. The monoisotopic (exact) mass is 363 g/mol. The Bertz CT molecular complexity index is 670. The summed E-state index contributed by atoms with van der Waals surface area (Å²) in [7, 11) is 4.02. The standard InChI is InChI=1S/C19H26ClN3O2/c1-13(2)9-16(11-23(3)4)21-18(24)10-17-12-25-19(22-17)14-5-7-15(20)8-6-14/h5-8,12-13,16H,9-11H2,1-4H3,(H,21,24)/t16-/m0/s1. The zero-order valence-corrected chi connectivity index (χ0v) is 16.0. The van der Waals surface area contributed by atoms with Gasteiger partial charge in [-0.3, -0.25) is 4.79 Å². The van der Waals surface area contributed by atoms with E-state index in [1.807, 2.05) is 26.2 Å². The van der Waals surface area contributed by atoms with Crippen molar-refractivity contribution in [2.75, 3.05) is 20.6 Å². The third-order valence-electron chi connectivity index (χ3n) is 3.69. The van der Waals surface area contributed by atoms with Crippen LogP contribution in [-0.2, 0) is 11.2 Å². The molecular weight excluding hydrogens is 338 g/mol. The third-order valence-corrected chi connectivity index (χ3v) is 3.94. The van der Waals surface area contributed by atoms with Crippen molar-refractivity contribution in [3.05, 3.63) is 41.2 Å². The van der Waals surface area contributed by atoms with Gasteiger partial charge in [-0.15, -0.1) is 0 Å². The molecule has 0 saturated carbocycles. The van der Waals surface area contributed by atoms with Gasteiger partial charge in [-0.1, -0.05) is 25.4 Å². The molecule has 2 rings (SSSR count). The Hall–Kier alpha value is -1.85. The second-order valence-electron chi connectivity index (χ2n) is 6.98. The summed E-state index contributed by atoms with van der Waals surface area (Å²) >= 11 is 5.89. The molecule has 0 aliphatic rings. The molecule has 6 heteroatoms. The van der Waals surface area contributed by atoms with Crippen LogP contribution in [0.4, 0.5) is 0 Å². The summed E-state index contributed by atoms with van der Waals surface area (Å²) in [6.45, 7) is 5.13. The first kappa shape index (κ1) is 19.5. The highest BCUT2D eigenvalue weighted by molar-refractivity contribution is 6.30. The lowest BCUT2D eigenvalue weighted by atomic mass is 10.0. The van der Waals surface area contributed by atoms with Crippen molar-refractivity contribution in [1.29, 1.82) is 0 Å². The van der Waals surface area contributed by atoms with Crippen LogP contribution in [0.15, 0.2) is 34.9 Å². The van der Waals surface area contributed by atoms with Gasteiger partial charge in [-0.05, 0) is 50.7 Å². The maximum atomic E-state index is 12.3. The van der Waals surface area contributed by atoms with E-state index in [-0.39, 0.29) is 18.4 Å². The molecule has 1 atom stereocenters. The number of amides is 1. The minimum atomic E-state index is -0.0385. The molecule has 0 unspecified atom stereocenters. The number of benzene rings is 1. The molecule has 0 aliphatic carbocycles. The van der Waals surface area contributed by atoms with Crippen LogP contribution in [-0.4, -0.2) is 42.5 Å². The van der Waals surface area contributed by atoms with Gasteiger partial charge in [-0.2, -0.15) is 0 Å². The lowest BCUT2D eigenvalue weighted by molar-refractivity contribution is -0.121. The van der Waals surface area contributed by atoms with Crippen LogP contribution in [0.25, 0.3) is 11.5 Å². The van der Waals surface area contributed by atoms with Crippen LogP contribution in [0.1, 0.15) is 26.0 Å². The molecule has 1 heterocycles. The fourth-order valence-electron chi connectivity index (χ4n) is 2.75. The molecule has 0 aliphatic heterocycles. The highest BCUT2D eigenvalue weighted by atomic mass is 35.5. The van der Waals surface area contributed by atoms with Gasteiger partial charge in [0, 0.05) is 23.2 Å². The van der Waals surface area contributed by atoms with E-state index in [1.54, 1.807) is 12.1 Å². The minimum Gasteiger partial charge on any atom is -0.444 e. The van der Waals surface area contributed by atoms with Crippen molar-refractivity contribution < 1.29 is 9.21 Å². The third kappa shape index (κ3) is 6.52. The van der Waals surface area contributed by atoms with Gasteiger partial charge in [-0.25, -0.2) is 4.98 Å². The van der Waals surface area contributed by atoms with Gasteiger partial charge in [0.15, 0.2) is 0 Å². The number of halogens is 1. The number of likely N-dealkylation sites (N-methyl/N-ethyl adjacent to an activating group) is 1. The van der Waals surface area contributed by atoms with E-state index in [0.717, 1.165) is 18.5 Å². The first-order valence-electron chi connectivity index (χ1n) is 8.48. The molecule has 2 aromatic rings. The molecule has 0 saturated heterocycles. The molecule has 0 bridgehead atoms. The summed E-state index contributed by atoms with van der Waals surface area (Å²) in [5.41, 5.74) is 1.46. The van der Waals surface area contributed by atoms with E-state index in [0.29, 0.717) is 22.5 Å². The van der Waals surface area contributed by atoms with E-state index in [2.05, 4.69) is 29.0 Å². The van der Waals surface area contributed by atoms with Crippen LogP contribution in [0.3, 0.4) is 0 Å². The van der Waals surface area contributed by atoms with Crippen LogP contribution in [0, 0.1) is 5.92 Å². The lowest BCUT2D eigenvalue weighted by Crippen LogP contribution is -2.43. The summed E-state index contributed by atoms with van der Waals surface area (Å²) in [6, 6.07) is 7.38. The summed E-state index contributed by atoms with van der Waals surface area (Å²) < 4.78 is 5.48. The zero-order valence-electron chi connectivity index (χ0n) is 15.3. The average molecular weight is 364 g/mol. The fourth-order valence-corrected chi connectivity index (χ4v) is 2.87. The van der Waals surface area contributed by atoms with Gasteiger partial charge >= 0.3 is 0 Å². The number of hydrogen-bond acceptors (Lipinski definition) is 4. The van der Waals surface area contributed by atoms with Gasteiger partial charge in [0.2, 0.25) is 11.8 Å². The SMILES string of the molecule is CC(C)C[C@@H](CN(C)C)NC(=O)Cc1coc(-c2ccc(Cl)cc2)n1. The number of carbonyl (C=O) groups is 1. The molecule has 1 aromatic heterocycles. The largest absolute Gasteiger partial charge is 0.444 e. The number of nitrogens with zero attached hydrogens (tertiary/aromatic N) is 2. The Balaban J connectivity index is 1.96. The second kappa shape index (κ2) is 9.02. The van der Waals surface area contributed by atoms with Crippen molar-refractivity contribution in [3.63, 3.8) is 0 Å². The van der Waals surface area contributed by atoms with Crippen molar-refractivity contribution >= 4 is 17.5 Å². The van der Waals surface area contributed by atoms with Gasteiger partial charge in [0.1, 0.15) is 6.26 Å². The summed E-state index contributed by atoms with van der Waals surface area (Å²) in [5, 5.41) is 3.76. The molecule has 0 fully saturated rings. The van der Waals surface area contributed by atoms with Crippen LogP contribution >= 0.6 is 11.6 Å². The van der Waals surface area contributed by atoms with Crippen LogP contribution in [0.5, 0.6) is 0 Å². The van der Waals surface area contributed by atoms with Crippen LogP contribution in [0.2, 0.25) is 5.02 Å². The van der Waals surface area contributed by atoms with E-state index in [1.165, 1.54) is 6.26 Å². The average Bonchev–Trinajstić information content (AvgIpc) is 2.94. The molecule has 0 radical (unpaired) electrons. The van der Waals surface area contributed by atoms with Crippen molar-refractivity contribution in [2.24, 2.45) is 5.92 Å². The maximum Gasteiger partial charge on any atom is 0.226 e. The van der Waals surface area contributed by atoms with E-state index < -0.39 is 0 Å². The highest BCUT2D eigenvalue weighted by Crippen LogP contribution is 2.21. The van der Waals surface area contributed by atoms with Crippen molar-refractivity contribution in [3.8, 4) is 11.5 Å². The molecule has 5 nitrogen and oxygen atoms in total. The smallest absolute Gasteiger partial charge is 0.226 e. The summed E-state index contributed by atoms with van der Waals surface area (Å²) in [5.74, 6) is 0.976. The Morgan fingerprint density at radius 1 is 1.28 bits per heavy atom. The Kier molecular flexibility index (Phi) is 7.02. The zero-order chi connectivity index (χ0) is 18.4. The molecule has 1 aromatic carbocycles. The van der Waals surface area contributed by atoms with Crippen LogP contribution < -0.4 is 5.32 Å². The molecule has 0 spiro atoms. The molecule has 136 valence electrons. The fraction of sp³-hybridized carbons (Fsp3) is 0.474. The summed E-state index contributed by atoms with van der Waals surface area (Å²) in [6.07, 6.45) is 2.69. The van der Waals surface area contributed by atoms with E-state index >= 15 is 0 Å². The van der Waals surface area contributed by atoms with Gasteiger partial charge in [0.25, 0.3) is 0 Å². The first-order valence-corrected chi connectivity index (χ1v) is 8.85. The number of rotatable bonds is 8. The normalized spacial score (nSPS) is 12.6. The number of oxazole rings is 1. The molecule has 1 N–H and O–H groups in total. The molecule has 1 amide bonds. The van der Waals surface area contributed by atoms with E-state index in [9.17, 15) is 4.79 Å². The predicted octanol–water partition coefficient (Wildman–Crippen LogP) is 3.63. The predicted molar refractivity (Wildman–Crippen MR) is 101 cm³/mol. The second-order valence-corrected chi connectivity index (χ2v) is 7.42. The van der Waals surface area contributed by atoms with Gasteiger partial charge in [0.05, 0.1) is 12.1 Å². The Morgan fingerprint density at radius 3 is 2.56 bits per heavy atom. The van der Waals surface area contributed by atoms with Crippen molar-refractivity contribution in [2.45, 2.75) is 32.7 Å². The number of hydrogen-bond donors (Lipinski definition) is 1. The number of nitrogens with one attached hydrogen (secondary N) is 1. The Labute approximate surface area is 154 Å². The maximum absolute atomic E-state index is 12.3. The molecular formula is C19H26ClN3O2. The lowest BCUT2D eigenvalue weighted by Gasteiger charge is -2.23. The molecule has 25 heavy (non-hydrogen) atoms. The summed E-state index contributed by atoms with van der Waals surface area (Å²) in [4.78, 5) is 18.8. The number of aromatic nitrogens is 1. The van der Waals surface area contributed by atoms with Gasteiger partial charge < -0.3 is 14.6 Å². The minimum absolute atomic E-state index is 0.0385. The van der Waals surface area contributed by atoms with Crippen molar-refractivity contribution in [1.82, 2.24) is 15.2 Å². The Morgan fingerprint density at radius 2 is 1.96 bits per heavy atom. The quantitative estimate of drug-likeness (QED) is 0.778. The highest BCUT2D eigenvalue weighted by Gasteiger charge is 2.17.